The van der Waals surface area contributed by atoms with Gasteiger partial charge in [-0.3, -0.25) is 0 Å². The molecule has 0 spiro atoms. The van der Waals surface area contributed by atoms with Gasteiger partial charge in [0.15, 0.2) is 0 Å². The van der Waals surface area contributed by atoms with Gasteiger partial charge in [0, 0.05) is 31.6 Å². The molecule has 1 heterocycles. The van der Waals surface area contributed by atoms with Crippen molar-refractivity contribution in [2.75, 3.05) is 26.2 Å². The van der Waals surface area contributed by atoms with Gasteiger partial charge in [-0.1, -0.05) is 32.6 Å². The Bertz CT molecular complexity index is 333. The highest BCUT2D eigenvalue weighted by Gasteiger charge is 2.43. The lowest BCUT2D eigenvalue weighted by atomic mass is 9.71. The van der Waals surface area contributed by atoms with Gasteiger partial charge in [0.1, 0.15) is 0 Å². The van der Waals surface area contributed by atoms with E-state index < -0.39 is 0 Å². The molecule has 2 aliphatic carbocycles. The number of nitrogens with one attached hydrogen (secondary N) is 1. The molecule has 2 saturated carbocycles. The average molecular weight is 294 g/mol. The predicted octanol–water partition coefficient (Wildman–Crippen LogP) is 2.78. The van der Waals surface area contributed by atoms with Gasteiger partial charge in [-0.2, -0.15) is 0 Å². The normalized spacial score (nSPS) is 41.7. The summed E-state index contributed by atoms with van der Waals surface area (Å²) in [5.74, 6) is 1.37. The van der Waals surface area contributed by atoms with E-state index in [-0.39, 0.29) is 5.60 Å². The molecular weight excluding hydrogens is 260 g/mol. The average Bonchev–Trinajstić information content (AvgIpc) is 2.50. The lowest BCUT2D eigenvalue weighted by Gasteiger charge is -2.48. The second-order valence-electron chi connectivity index (χ2n) is 7.76. The Hall–Kier alpha value is -0.120. The van der Waals surface area contributed by atoms with Crippen LogP contribution < -0.4 is 5.32 Å². The molecule has 0 radical (unpaired) electrons. The number of hydrogen-bond donors (Lipinski definition) is 2. The number of rotatable bonds is 4. The van der Waals surface area contributed by atoms with Gasteiger partial charge < -0.3 is 15.3 Å². The van der Waals surface area contributed by atoms with Gasteiger partial charge in [0.25, 0.3) is 0 Å². The number of aliphatic hydroxyl groups is 1. The number of likely N-dealkylation sites (tertiary alicyclic amines) is 1. The molecule has 3 fully saturated rings. The molecule has 21 heavy (non-hydrogen) atoms. The lowest BCUT2D eigenvalue weighted by Crippen LogP contribution is -2.55. The minimum Gasteiger partial charge on any atom is -0.390 e. The number of fused-ring (bicyclic) bond motifs is 1. The molecule has 0 aromatic carbocycles. The van der Waals surface area contributed by atoms with Gasteiger partial charge in [-0.15, -0.1) is 0 Å². The summed E-state index contributed by atoms with van der Waals surface area (Å²) in [4.78, 5) is 2.67. The summed E-state index contributed by atoms with van der Waals surface area (Å²) in [7, 11) is 0. The Kier molecular flexibility index (Phi) is 5.23. The van der Waals surface area contributed by atoms with Crippen molar-refractivity contribution < 1.29 is 5.11 Å². The lowest BCUT2D eigenvalue weighted by molar-refractivity contribution is -0.0982. The highest BCUT2D eigenvalue weighted by molar-refractivity contribution is 4.96. The summed E-state index contributed by atoms with van der Waals surface area (Å²) in [6, 6.07) is 0.732. The van der Waals surface area contributed by atoms with E-state index >= 15 is 0 Å². The van der Waals surface area contributed by atoms with E-state index in [2.05, 4.69) is 17.1 Å². The SMILES string of the molecule is CCNC1CCCCC1CN1CCC2(O)CCCCC2C1. The van der Waals surface area contributed by atoms with Crippen molar-refractivity contribution in [3.05, 3.63) is 0 Å². The highest BCUT2D eigenvalue weighted by Crippen LogP contribution is 2.40. The minimum atomic E-state index is -0.317. The third kappa shape index (κ3) is 3.62. The Morgan fingerprint density at radius 1 is 1.10 bits per heavy atom. The van der Waals surface area contributed by atoms with Crippen LogP contribution >= 0.6 is 0 Å². The summed E-state index contributed by atoms with van der Waals surface area (Å²) >= 11 is 0. The van der Waals surface area contributed by atoms with Gasteiger partial charge in [0.05, 0.1) is 5.60 Å². The third-order valence-corrected chi connectivity index (χ3v) is 6.38. The van der Waals surface area contributed by atoms with E-state index in [1.165, 1.54) is 51.5 Å². The van der Waals surface area contributed by atoms with E-state index in [1.807, 2.05) is 0 Å². The van der Waals surface area contributed by atoms with E-state index in [1.54, 1.807) is 0 Å². The highest BCUT2D eigenvalue weighted by atomic mass is 16.3. The van der Waals surface area contributed by atoms with Crippen molar-refractivity contribution in [3.8, 4) is 0 Å². The van der Waals surface area contributed by atoms with Crippen molar-refractivity contribution in [1.82, 2.24) is 10.2 Å². The van der Waals surface area contributed by atoms with Crippen LogP contribution in [0.25, 0.3) is 0 Å². The van der Waals surface area contributed by atoms with Crippen molar-refractivity contribution in [2.24, 2.45) is 11.8 Å². The van der Waals surface area contributed by atoms with Crippen LogP contribution in [0.15, 0.2) is 0 Å². The van der Waals surface area contributed by atoms with Crippen LogP contribution in [-0.4, -0.2) is 47.8 Å². The van der Waals surface area contributed by atoms with Gasteiger partial charge >= 0.3 is 0 Å². The summed E-state index contributed by atoms with van der Waals surface area (Å²) in [5, 5.41) is 14.5. The molecule has 0 aromatic heterocycles. The first-order valence-electron chi connectivity index (χ1n) is 9.39. The molecule has 0 aromatic rings. The molecule has 4 unspecified atom stereocenters. The summed E-state index contributed by atoms with van der Waals surface area (Å²) < 4.78 is 0. The molecule has 3 aliphatic rings. The molecular formula is C18H34N2O. The van der Waals surface area contributed by atoms with Crippen molar-refractivity contribution in [1.29, 1.82) is 0 Å². The maximum atomic E-state index is 10.8. The molecule has 2 N–H and O–H groups in total. The predicted molar refractivity (Wildman–Crippen MR) is 87.4 cm³/mol. The molecule has 3 rings (SSSR count). The van der Waals surface area contributed by atoms with Crippen LogP contribution in [0, 0.1) is 11.8 Å². The van der Waals surface area contributed by atoms with Gasteiger partial charge in [-0.25, -0.2) is 0 Å². The van der Waals surface area contributed by atoms with Crippen molar-refractivity contribution >= 4 is 0 Å². The zero-order valence-electron chi connectivity index (χ0n) is 13.8. The van der Waals surface area contributed by atoms with Crippen LogP contribution in [0.4, 0.5) is 0 Å². The fourth-order valence-corrected chi connectivity index (χ4v) is 5.09. The standard InChI is InChI=1S/C18H34N2O/c1-2-19-17-9-4-3-7-15(17)13-20-12-11-18(21)10-6-5-8-16(18)14-20/h15-17,19,21H,2-14H2,1H3. The zero-order chi connectivity index (χ0) is 14.7. The quantitative estimate of drug-likeness (QED) is 0.837. The maximum Gasteiger partial charge on any atom is 0.0700 e. The Labute approximate surface area is 130 Å². The van der Waals surface area contributed by atoms with Crippen LogP contribution in [0.3, 0.4) is 0 Å². The van der Waals surface area contributed by atoms with Crippen molar-refractivity contribution in [2.45, 2.75) is 76.4 Å². The Morgan fingerprint density at radius 2 is 1.90 bits per heavy atom. The minimum absolute atomic E-state index is 0.317. The first-order valence-corrected chi connectivity index (χ1v) is 9.39. The van der Waals surface area contributed by atoms with E-state index in [0.717, 1.165) is 44.4 Å². The summed E-state index contributed by atoms with van der Waals surface area (Å²) in [6.45, 7) is 6.84. The molecule has 0 bridgehead atoms. The second-order valence-corrected chi connectivity index (χ2v) is 7.76. The van der Waals surface area contributed by atoms with Gasteiger partial charge in [0.2, 0.25) is 0 Å². The first kappa shape index (κ1) is 15.8. The van der Waals surface area contributed by atoms with Crippen LogP contribution in [0.1, 0.15) is 64.7 Å². The first-order chi connectivity index (χ1) is 10.2. The van der Waals surface area contributed by atoms with E-state index in [9.17, 15) is 5.11 Å². The number of nitrogens with zero attached hydrogens (tertiary/aromatic N) is 1. The van der Waals surface area contributed by atoms with E-state index in [0.29, 0.717) is 5.92 Å². The largest absolute Gasteiger partial charge is 0.390 e. The Morgan fingerprint density at radius 3 is 2.76 bits per heavy atom. The fraction of sp³-hybridized carbons (Fsp3) is 1.00. The van der Waals surface area contributed by atoms with Crippen LogP contribution in [0.5, 0.6) is 0 Å². The van der Waals surface area contributed by atoms with Gasteiger partial charge in [-0.05, 0) is 44.6 Å². The van der Waals surface area contributed by atoms with Crippen molar-refractivity contribution in [3.63, 3.8) is 0 Å². The second kappa shape index (κ2) is 6.97. The van der Waals surface area contributed by atoms with E-state index in [4.69, 9.17) is 0 Å². The molecule has 4 atom stereocenters. The fourth-order valence-electron chi connectivity index (χ4n) is 5.09. The van der Waals surface area contributed by atoms with Crippen LogP contribution in [-0.2, 0) is 0 Å². The number of piperidine rings is 1. The summed E-state index contributed by atoms with van der Waals surface area (Å²) in [6.07, 6.45) is 11.4. The molecule has 1 saturated heterocycles. The maximum absolute atomic E-state index is 10.8. The molecule has 1 aliphatic heterocycles. The summed E-state index contributed by atoms with van der Waals surface area (Å²) in [5.41, 5.74) is -0.317. The molecule has 122 valence electrons. The third-order valence-electron chi connectivity index (χ3n) is 6.38. The topological polar surface area (TPSA) is 35.5 Å². The Balaban J connectivity index is 1.55. The number of hydrogen-bond acceptors (Lipinski definition) is 3. The molecule has 3 heteroatoms. The zero-order valence-corrected chi connectivity index (χ0v) is 13.8. The molecule has 3 nitrogen and oxygen atoms in total. The monoisotopic (exact) mass is 294 g/mol. The van der Waals surface area contributed by atoms with Crippen LogP contribution in [0.2, 0.25) is 0 Å². The molecule has 0 amide bonds. The smallest absolute Gasteiger partial charge is 0.0700 e.